The van der Waals surface area contributed by atoms with Crippen LogP contribution in [-0.2, 0) is 0 Å². The SMILES string of the molecule is CCC(N)CSc1nc2ccc(Cl)cc2[nH]1. The Balaban J connectivity index is 2.13. The van der Waals surface area contributed by atoms with Crippen LogP contribution in [0.15, 0.2) is 23.4 Å². The van der Waals surface area contributed by atoms with Crippen LogP contribution in [-0.4, -0.2) is 21.8 Å². The van der Waals surface area contributed by atoms with Gasteiger partial charge in [-0.2, -0.15) is 0 Å². The van der Waals surface area contributed by atoms with E-state index in [1.54, 1.807) is 11.8 Å². The summed E-state index contributed by atoms with van der Waals surface area (Å²) in [5.74, 6) is 0.879. The highest BCUT2D eigenvalue weighted by molar-refractivity contribution is 7.99. The van der Waals surface area contributed by atoms with Crippen LogP contribution < -0.4 is 5.73 Å². The Morgan fingerprint density at radius 2 is 2.38 bits per heavy atom. The van der Waals surface area contributed by atoms with Gasteiger partial charge in [0.05, 0.1) is 11.0 Å². The maximum atomic E-state index is 5.90. The topological polar surface area (TPSA) is 54.7 Å². The number of halogens is 1. The van der Waals surface area contributed by atoms with Gasteiger partial charge in [-0.05, 0) is 24.6 Å². The van der Waals surface area contributed by atoms with Gasteiger partial charge in [0.25, 0.3) is 0 Å². The van der Waals surface area contributed by atoms with Crippen molar-refractivity contribution in [2.45, 2.75) is 24.5 Å². The molecule has 2 aromatic rings. The number of imidazole rings is 1. The fraction of sp³-hybridized carbons (Fsp3) is 0.364. The Bertz CT molecular complexity index is 483. The molecule has 0 amide bonds. The maximum Gasteiger partial charge on any atom is 0.166 e. The maximum absolute atomic E-state index is 5.90. The molecule has 86 valence electrons. The van der Waals surface area contributed by atoms with Crippen molar-refractivity contribution < 1.29 is 0 Å². The first kappa shape index (κ1) is 11.8. The number of thioether (sulfide) groups is 1. The summed E-state index contributed by atoms with van der Waals surface area (Å²) in [6.45, 7) is 2.09. The van der Waals surface area contributed by atoms with E-state index in [-0.39, 0.29) is 6.04 Å². The fourth-order valence-corrected chi connectivity index (χ4v) is 2.46. The Labute approximate surface area is 104 Å². The molecule has 5 heteroatoms. The molecule has 0 fully saturated rings. The van der Waals surface area contributed by atoms with Gasteiger partial charge in [0.1, 0.15) is 0 Å². The molecule has 0 aliphatic carbocycles. The van der Waals surface area contributed by atoms with E-state index >= 15 is 0 Å². The van der Waals surface area contributed by atoms with Gasteiger partial charge in [-0.25, -0.2) is 4.98 Å². The van der Waals surface area contributed by atoms with E-state index in [0.717, 1.165) is 33.4 Å². The number of hydrogen-bond acceptors (Lipinski definition) is 3. The standard InChI is InChI=1S/C11H14ClN3S/c1-2-8(13)6-16-11-14-9-4-3-7(12)5-10(9)15-11/h3-5,8H,2,6,13H2,1H3,(H,14,15). The summed E-state index contributed by atoms with van der Waals surface area (Å²) in [7, 11) is 0. The van der Waals surface area contributed by atoms with Crippen LogP contribution in [0.1, 0.15) is 13.3 Å². The predicted molar refractivity (Wildman–Crippen MR) is 70.1 cm³/mol. The molecule has 0 spiro atoms. The quantitative estimate of drug-likeness (QED) is 0.826. The molecule has 1 aromatic heterocycles. The van der Waals surface area contributed by atoms with Crippen molar-refractivity contribution in [3.05, 3.63) is 23.2 Å². The van der Waals surface area contributed by atoms with E-state index in [1.165, 1.54) is 0 Å². The molecule has 0 aliphatic rings. The molecule has 3 nitrogen and oxygen atoms in total. The van der Waals surface area contributed by atoms with Gasteiger partial charge in [-0.1, -0.05) is 30.3 Å². The highest BCUT2D eigenvalue weighted by Crippen LogP contribution is 2.22. The summed E-state index contributed by atoms with van der Waals surface area (Å²) in [6, 6.07) is 5.87. The van der Waals surface area contributed by atoms with Crippen LogP contribution >= 0.6 is 23.4 Å². The summed E-state index contributed by atoms with van der Waals surface area (Å²) in [5.41, 5.74) is 7.77. The lowest BCUT2D eigenvalue weighted by Crippen LogP contribution is -2.21. The van der Waals surface area contributed by atoms with Crippen LogP contribution in [0.2, 0.25) is 5.02 Å². The van der Waals surface area contributed by atoms with Gasteiger partial charge in [0.15, 0.2) is 5.16 Å². The first-order chi connectivity index (χ1) is 7.69. The predicted octanol–water partition coefficient (Wildman–Crippen LogP) is 3.05. The molecule has 1 aromatic carbocycles. The normalized spacial score (nSPS) is 13.2. The molecule has 0 aliphatic heterocycles. The second kappa shape index (κ2) is 5.08. The lowest BCUT2D eigenvalue weighted by Gasteiger charge is -2.04. The molecule has 0 saturated carbocycles. The minimum atomic E-state index is 0.224. The highest BCUT2D eigenvalue weighted by Gasteiger charge is 2.06. The van der Waals surface area contributed by atoms with Crippen molar-refractivity contribution in [3.63, 3.8) is 0 Å². The first-order valence-electron chi connectivity index (χ1n) is 5.22. The number of benzene rings is 1. The van der Waals surface area contributed by atoms with Crippen LogP contribution in [0.3, 0.4) is 0 Å². The Hall–Kier alpha value is -0.710. The summed E-state index contributed by atoms with van der Waals surface area (Å²) in [5, 5.41) is 1.62. The minimum absolute atomic E-state index is 0.224. The largest absolute Gasteiger partial charge is 0.333 e. The van der Waals surface area contributed by atoms with Crippen molar-refractivity contribution in [1.29, 1.82) is 0 Å². The smallest absolute Gasteiger partial charge is 0.166 e. The van der Waals surface area contributed by atoms with E-state index in [4.69, 9.17) is 17.3 Å². The van der Waals surface area contributed by atoms with Crippen LogP contribution in [0, 0.1) is 0 Å². The molecule has 1 heterocycles. The van der Waals surface area contributed by atoms with Crippen molar-refractivity contribution in [3.8, 4) is 0 Å². The van der Waals surface area contributed by atoms with Crippen molar-refractivity contribution in [2.24, 2.45) is 5.73 Å². The van der Waals surface area contributed by atoms with Gasteiger partial charge in [-0.15, -0.1) is 0 Å². The Kier molecular flexibility index (Phi) is 3.74. The zero-order valence-electron chi connectivity index (χ0n) is 9.03. The second-order valence-corrected chi connectivity index (χ2v) is 5.13. The first-order valence-corrected chi connectivity index (χ1v) is 6.59. The van der Waals surface area contributed by atoms with Crippen molar-refractivity contribution in [1.82, 2.24) is 9.97 Å². The van der Waals surface area contributed by atoms with Gasteiger partial charge < -0.3 is 10.7 Å². The third-order valence-corrected chi connectivity index (χ3v) is 3.68. The van der Waals surface area contributed by atoms with E-state index in [1.807, 2.05) is 18.2 Å². The number of aromatic amines is 1. The number of hydrogen-bond donors (Lipinski definition) is 2. The molecule has 0 saturated heterocycles. The molecule has 0 radical (unpaired) electrons. The van der Waals surface area contributed by atoms with E-state index in [2.05, 4.69) is 16.9 Å². The number of nitrogens with two attached hydrogens (primary N) is 1. The zero-order valence-corrected chi connectivity index (χ0v) is 10.6. The van der Waals surface area contributed by atoms with Gasteiger partial charge in [0, 0.05) is 16.8 Å². The summed E-state index contributed by atoms with van der Waals surface area (Å²) < 4.78 is 0. The minimum Gasteiger partial charge on any atom is -0.333 e. The summed E-state index contributed by atoms with van der Waals surface area (Å²) >= 11 is 7.55. The molecule has 3 N–H and O–H groups in total. The molecule has 1 atom stereocenters. The number of rotatable bonds is 4. The van der Waals surface area contributed by atoms with E-state index in [0.29, 0.717) is 0 Å². The van der Waals surface area contributed by atoms with Gasteiger partial charge in [-0.3, -0.25) is 0 Å². The zero-order chi connectivity index (χ0) is 11.5. The molecule has 0 bridgehead atoms. The molecule has 16 heavy (non-hydrogen) atoms. The molecular formula is C11H14ClN3S. The summed E-state index contributed by atoms with van der Waals surface area (Å²) in [4.78, 5) is 7.68. The van der Waals surface area contributed by atoms with Crippen molar-refractivity contribution in [2.75, 3.05) is 5.75 Å². The lowest BCUT2D eigenvalue weighted by molar-refractivity contribution is 0.724. The number of H-pyrrole nitrogens is 1. The Morgan fingerprint density at radius 3 is 3.12 bits per heavy atom. The third-order valence-electron chi connectivity index (χ3n) is 2.38. The molecule has 2 rings (SSSR count). The average Bonchev–Trinajstić information content (AvgIpc) is 2.67. The van der Waals surface area contributed by atoms with Crippen LogP contribution in [0.5, 0.6) is 0 Å². The third kappa shape index (κ3) is 2.70. The lowest BCUT2D eigenvalue weighted by atomic mass is 10.3. The average molecular weight is 256 g/mol. The van der Waals surface area contributed by atoms with Crippen LogP contribution in [0.4, 0.5) is 0 Å². The number of aromatic nitrogens is 2. The monoisotopic (exact) mass is 255 g/mol. The van der Waals surface area contributed by atoms with Crippen LogP contribution in [0.25, 0.3) is 11.0 Å². The summed E-state index contributed by atoms with van der Waals surface area (Å²) in [6.07, 6.45) is 0.985. The van der Waals surface area contributed by atoms with E-state index in [9.17, 15) is 0 Å². The molecular weight excluding hydrogens is 242 g/mol. The number of nitrogens with one attached hydrogen (secondary N) is 1. The Morgan fingerprint density at radius 1 is 1.56 bits per heavy atom. The number of nitrogens with zero attached hydrogens (tertiary/aromatic N) is 1. The highest BCUT2D eigenvalue weighted by atomic mass is 35.5. The number of fused-ring (bicyclic) bond motifs is 1. The fourth-order valence-electron chi connectivity index (χ4n) is 1.33. The van der Waals surface area contributed by atoms with Gasteiger partial charge >= 0.3 is 0 Å². The van der Waals surface area contributed by atoms with Gasteiger partial charge in [0.2, 0.25) is 0 Å². The second-order valence-electron chi connectivity index (χ2n) is 3.68. The molecule has 1 unspecified atom stereocenters. The van der Waals surface area contributed by atoms with Crippen molar-refractivity contribution >= 4 is 34.4 Å². The van der Waals surface area contributed by atoms with E-state index < -0.39 is 0 Å².